The largest absolute Gasteiger partial charge is 0.491 e. The van der Waals surface area contributed by atoms with Crippen molar-refractivity contribution < 1.29 is 38.6 Å². The minimum atomic E-state index is -1.26. The van der Waals surface area contributed by atoms with Crippen LogP contribution in [-0.4, -0.2) is 108 Å². The average Bonchev–Trinajstić information content (AvgIpc) is 3.65. The molecule has 0 aromatic heterocycles. The van der Waals surface area contributed by atoms with Crippen LogP contribution in [-0.2, 0) is 28.7 Å². The topological polar surface area (TPSA) is 181 Å². The van der Waals surface area contributed by atoms with Gasteiger partial charge in [-0.3, -0.25) is 24.0 Å². The van der Waals surface area contributed by atoms with E-state index in [1.807, 2.05) is 0 Å². The normalized spacial score (nSPS) is 29.3. The number of ether oxygens (including phenoxy) is 2. The third-order valence-electron chi connectivity index (χ3n) is 7.59. The Morgan fingerprint density at radius 2 is 1.66 bits per heavy atom. The van der Waals surface area contributed by atoms with E-state index in [9.17, 15) is 29.1 Å². The number of nitrogens with zero attached hydrogens (tertiary/aromatic N) is 2. The molecule has 0 spiro atoms. The summed E-state index contributed by atoms with van der Waals surface area (Å²) in [5.41, 5.74) is 6.17. The maximum absolute atomic E-state index is 13.6. The number of aliphatic hydroxyl groups excluding tert-OH is 1. The van der Waals surface area contributed by atoms with Crippen molar-refractivity contribution >= 4 is 35.6 Å². The number of fused-ring (bicyclic) bond motifs is 3. The number of hydrogen-bond acceptors (Lipinski definition) is 8. The summed E-state index contributed by atoms with van der Waals surface area (Å²) in [6.07, 6.45) is 3.85. The van der Waals surface area contributed by atoms with Crippen LogP contribution >= 0.6 is 0 Å². The smallest absolute Gasteiger partial charge is 0.248 e. The molecule has 0 radical (unpaired) electrons. The van der Waals surface area contributed by atoms with Crippen molar-refractivity contribution in [2.24, 2.45) is 5.73 Å². The summed E-state index contributed by atoms with van der Waals surface area (Å²) in [5.74, 6) is -2.43. The van der Waals surface area contributed by atoms with Crippen molar-refractivity contribution in [2.75, 3.05) is 32.9 Å². The highest BCUT2D eigenvalue weighted by atomic mass is 16.5. The van der Waals surface area contributed by atoms with Crippen LogP contribution in [0, 0.1) is 0 Å². The van der Waals surface area contributed by atoms with Crippen molar-refractivity contribution in [1.82, 2.24) is 20.4 Å². The molecule has 3 aliphatic heterocycles. The van der Waals surface area contributed by atoms with Crippen LogP contribution in [0.25, 0.3) is 6.08 Å². The highest BCUT2D eigenvalue weighted by molar-refractivity contribution is 5.98. The Hall–Kier alpha value is -3.97. The van der Waals surface area contributed by atoms with E-state index < -0.39 is 66.4 Å². The Balaban J connectivity index is 1.62. The number of nitrogens with two attached hydrogens (primary N) is 1. The van der Waals surface area contributed by atoms with Crippen molar-refractivity contribution in [1.29, 1.82) is 0 Å². The third kappa shape index (κ3) is 7.03. The number of nitrogens with one attached hydrogen (secondary N) is 2. The van der Waals surface area contributed by atoms with Crippen LogP contribution in [0.15, 0.2) is 30.3 Å². The second kappa shape index (κ2) is 13.6. The van der Waals surface area contributed by atoms with E-state index >= 15 is 0 Å². The lowest BCUT2D eigenvalue weighted by Crippen LogP contribution is -2.59. The van der Waals surface area contributed by atoms with E-state index in [4.69, 9.17) is 15.2 Å². The summed E-state index contributed by atoms with van der Waals surface area (Å²) in [4.78, 5) is 68.0. The molecule has 1 aromatic rings. The zero-order valence-corrected chi connectivity index (χ0v) is 23.0. The Bertz CT molecular complexity index is 1190. The van der Waals surface area contributed by atoms with E-state index in [-0.39, 0.29) is 19.8 Å². The number of hydrogen-bond donors (Lipinski definition) is 4. The highest BCUT2D eigenvalue weighted by Crippen LogP contribution is 2.26. The Morgan fingerprint density at radius 3 is 2.37 bits per heavy atom. The Morgan fingerprint density at radius 1 is 0.976 bits per heavy atom. The van der Waals surface area contributed by atoms with Crippen LogP contribution in [0.5, 0.6) is 5.75 Å². The summed E-state index contributed by atoms with van der Waals surface area (Å²) in [6, 6.07) is 2.88. The van der Waals surface area contributed by atoms with Gasteiger partial charge >= 0.3 is 0 Å². The van der Waals surface area contributed by atoms with Gasteiger partial charge in [0.1, 0.15) is 36.5 Å². The molecule has 5 N–H and O–H groups in total. The fourth-order valence-electron chi connectivity index (χ4n) is 5.45. The van der Waals surface area contributed by atoms with Crippen molar-refractivity contribution in [3.05, 3.63) is 35.9 Å². The molecule has 13 nitrogen and oxygen atoms in total. The van der Waals surface area contributed by atoms with Crippen LogP contribution < -0.4 is 21.1 Å². The molecule has 0 saturated carbocycles. The van der Waals surface area contributed by atoms with Crippen molar-refractivity contribution in [3.63, 3.8) is 0 Å². The first kappa shape index (κ1) is 30.0. The van der Waals surface area contributed by atoms with Gasteiger partial charge in [-0.25, -0.2) is 0 Å². The predicted molar refractivity (Wildman–Crippen MR) is 146 cm³/mol. The van der Waals surface area contributed by atoms with E-state index in [2.05, 4.69) is 10.6 Å². The van der Waals surface area contributed by atoms with Gasteiger partial charge < -0.3 is 40.7 Å². The standard InChI is InChI=1S/C28H37N5O8/c1-17-24(25(29)36)31-26(37)20-7-4-12-32(20)28(39)21-8-5-13-33(21)27(38)19(16-34)30-23(35)11-10-18-6-2-3-9-22(18)41-15-14-40-17/h2-3,6,9-11,17,19-21,24,34H,4-5,7-8,12-16H2,1H3,(H2,29,36)(H,30,35)(H,31,37)/b11-10+/t17-,19+,20+,21+,24+/m1/s1. The zero-order chi connectivity index (χ0) is 29.5. The predicted octanol–water partition coefficient (Wildman–Crippen LogP) is -1.07. The first-order valence-corrected chi connectivity index (χ1v) is 13.8. The highest BCUT2D eigenvalue weighted by Gasteiger charge is 2.44. The van der Waals surface area contributed by atoms with Gasteiger partial charge in [-0.15, -0.1) is 0 Å². The van der Waals surface area contributed by atoms with Gasteiger partial charge in [-0.1, -0.05) is 18.2 Å². The molecule has 5 atom stereocenters. The second-order valence-electron chi connectivity index (χ2n) is 10.3. The molecule has 3 heterocycles. The van der Waals surface area contributed by atoms with Crippen molar-refractivity contribution in [3.8, 4) is 5.75 Å². The van der Waals surface area contributed by atoms with Crippen LogP contribution in [0.4, 0.5) is 0 Å². The molecule has 0 unspecified atom stereocenters. The number of carbonyl (C=O) groups excluding carboxylic acids is 5. The molecular formula is C28H37N5O8. The molecule has 2 saturated heterocycles. The van der Waals surface area contributed by atoms with Gasteiger partial charge in [-0.2, -0.15) is 0 Å². The molecular weight excluding hydrogens is 534 g/mol. The molecule has 0 aliphatic carbocycles. The average molecular weight is 572 g/mol. The molecule has 2 fully saturated rings. The minimum absolute atomic E-state index is 0.0746. The molecule has 1 aromatic carbocycles. The number of benzene rings is 1. The van der Waals surface area contributed by atoms with Crippen LogP contribution in [0.1, 0.15) is 38.2 Å². The fourth-order valence-corrected chi connectivity index (χ4v) is 5.45. The lowest BCUT2D eigenvalue weighted by Gasteiger charge is -2.33. The van der Waals surface area contributed by atoms with Crippen molar-refractivity contribution in [2.45, 2.75) is 62.9 Å². The van der Waals surface area contributed by atoms with E-state index in [1.165, 1.54) is 22.0 Å². The fraction of sp³-hybridized carbons (Fsp3) is 0.536. The number of primary amides is 1. The minimum Gasteiger partial charge on any atom is -0.491 e. The van der Waals surface area contributed by atoms with Gasteiger partial charge in [0.05, 0.1) is 19.3 Å². The molecule has 0 bridgehead atoms. The van der Waals surface area contributed by atoms with Crippen LogP contribution in [0.2, 0.25) is 0 Å². The molecule has 3 aliphatic rings. The van der Waals surface area contributed by atoms with Gasteiger partial charge in [0, 0.05) is 24.7 Å². The van der Waals surface area contributed by atoms with Gasteiger partial charge in [0.15, 0.2) is 0 Å². The van der Waals surface area contributed by atoms with Crippen LogP contribution in [0.3, 0.4) is 0 Å². The van der Waals surface area contributed by atoms with Gasteiger partial charge in [-0.05, 0) is 44.7 Å². The quantitative estimate of drug-likeness (QED) is 0.346. The number of rotatable bonds is 2. The molecule has 4 rings (SSSR count). The van der Waals surface area contributed by atoms with Gasteiger partial charge in [0.2, 0.25) is 29.5 Å². The summed E-state index contributed by atoms with van der Waals surface area (Å²) in [5, 5.41) is 15.1. The maximum atomic E-state index is 13.6. The number of amides is 5. The molecule has 41 heavy (non-hydrogen) atoms. The summed E-state index contributed by atoms with van der Waals surface area (Å²) in [6.45, 7) is 1.71. The lowest BCUT2D eigenvalue weighted by atomic mass is 10.1. The number of aliphatic hydroxyl groups is 1. The second-order valence-corrected chi connectivity index (χ2v) is 10.3. The SMILES string of the molecule is C[C@H]1OCCOc2ccccc2/C=C/C(=O)N[C@@H](CO)C(=O)N2CCC[C@H]2C(=O)N2CCC[C@H]2C(=O)N[C@@H]1C(N)=O. The molecule has 5 amide bonds. The Labute approximate surface area is 238 Å². The summed E-state index contributed by atoms with van der Waals surface area (Å²) in [7, 11) is 0. The molecule has 13 heteroatoms. The van der Waals surface area contributed by atoms with Gasteiger partial charge in [0.25, 0.3) is 0 Å². The number of carbonyl (C=O) groups is 5. The summed E-state index contributed by atoms with van der Waals surface area (Å²) >= 11 is 0. The summed E-state index contributed by atoms with van der Waals surface area (Å²) < 4.78 is 11.6. The zero-order valence-electron chi connectivity index (χ0n) is 23.0. The first-order valence-electron chi connectivity index (χ1n) is 13.8. The lowest BCUT2D eigenvalue weighted by molar-refractivity contribution is -0.148. The third-order valence-corrected chi connectivity index (χ3v) is 7.59. The first-order chi connectivity index (χ1) is 19.7. The van der Waals surface area contributed by atoms with E-state index in [1.54, 1.807) is 31.2 Å². The van der Waals surface area contributed by atoms with E-state index in [0.717, 1.165) is 0 Å². The van der Waals surface area contributed by atoms with E-state index in [0.29, 0.717) is 43.5 Å². The Kier molecular flexibility index (Phi) is 9.95. The molecule has 222 valence electrons. The maximum Gasteiger partial charge on any atom is 0.248 e. The number of para-hydroxylation sites is 1. The monoisotopic (exact) mass is 571 g/mol.